The minimum absolute atomic E-state index is 0.172. The van der Waals surface area contributed by atoms with E-state index in [1.807, 2.05) is 19.1 Å². The zero-order valence-corrected chi connectivity index (χ0v) is 12.9. The molecule has 0 aliphatic rings. The van der Waals surface area contributed by atoms with Crippen LogP contribution < -0.4 is 0 Å². The van der Waals surface area contributed by atoms with E-state index in [2.05, 4.69) is 37.0 Å². The SMILES string of the molecule is Cc1cc(C#N)ccc1-c1nc(CSC(C)(C)C)no1. The fourth-order valence-electron chi connectivity index (χ4n) is 1.68. The third-order valence-corrected chi connectivity index (χ3v) is 3.96. The van der Waals surface area contributed by atoms with Crippen molar-refractivity contribution in [2.24, 2.45) is 0 Å². The molecule has 2 aromatic rings. The van der Waals surface area contributed by atoms with Crippen LogP contribution in [-0.4, -0.2) is 14.9 Å². The molecular formula is C15H17N3OS. The second-order valence-electron chi connectivity index (χ2n) is 5.56. The van der Waals surface area contributed by atoms with Gasteiger partial charge in [-0.15, -0.1) is 11.8 Å². The average molecular weight is 287 g/mol. The van der Waals surface area contributed by atoms with Crippen LogP contribution in [0.3, 0.4) is 0 Å². The van der Waals surface area contributed by atoms with E-state index in [4.69, 9.17) is 9.78 Å². The predicted octanol–water partition coefficient (Wildman–Crippen LogP) is 3.95. The van der Waals surface area contributed by atoms with E-state index in [1.54, 1.807) is 17.8 Å². The standard InChI is InChI=1S/C15H17N3OS/c1-10-7-11(8-16)5-6-12(10)14-17-13(18-19-14)9-20-15(2,3)4/h5-7H,9H2,1-4H3. The molecule has 0 fully saturated rings. The number of benzene rings is 1. The topological polar surface area (TPSA) is 62.7 Å². The Morgan fingerprint density at radius 3 is 2.70 bits per heavy atom. The van der Waals surface area contributed by atoms with Gasteiger partial charge in [-0.25, -0.2) is 0 Å². The molecule has 2 rings (SSSR count). The number of aromatic nitrogens is 2. The first-order valence-corrected chi connectivity index (χ1v) is 7.35. The average Bonchev–Trinajstić information content (AvgIpc) is 2.84. The van der Waals surface area contributed by atoms with Gasteiger partial charge in [-0.1, -0.05) is 25.9 Å². The summed E-state index contributed by atoms with van der Waals surface area (Å²) in [5.41, 5.74) is 2.47. The van der Waals surface area contributed by atoms with Crippen molar-refractivity contribution in [3.8, 4) is 17.5 Å². The minimum Gasteiger partial charge on any atom is -0.334 e. The third-order valence-electron chi connectivity index (χ3n) is 2.69. The van der Waals surface area contributed by atoms with Gasteiger partial charge in [-0.2, -0.15) is 10.2 Å². The number of thioether (sulfide) groups is 1. The zero-order valence-electron chi connectivity index (χ0n) is 12.1. The van der Waals surface area contributed by atoms with E-state index in [0.29, 0.717) is 17.3 Å². The molecule has 1 aromatic carbocycles. The summed E-state index contributed by atoms with van der Waals surface area (Å²) in [4.78, 5) is 4.42. The summed E-state index contributed by atoms with van der Waals surface area (Å²) in [6, 6.07) is 7.55. The summed E-state index contributed by atoms with van der Waals surface area (Å²) in [5.74, 6) is 1.93. The number of aryl methyl sites for hydroxylation is 1. The molecule has 0 saturated carbocycles. The third kappa shape index (κ3) is 3.61. The fraction of sp³-hybridized carbons (Fsp3) is 0.400. The first-order valence-electron chi connectivity index (χ1n) is 6.37. The Bertz CT molecular complexity index is 650. The predicted molar refractivity (Wildman–Crippen MR) is 80.2 cm³/mol. The summed E-state index contributed by atoms with van der Waals surface area (Å²) >= 11 is 1.78. The quantitative estimate of drug-likeness (QED) is 0.855. The van der Waals surface area contributed by atoms with Crippen LogP contribution in [-0.2, 0) is 5.75 Å². The van der Waals surface area contributed by atoms with Gasteiger partial charge >= 0.3 is 0 Å². The maximum absolute atomic E-state index is 8.87. The number of nitriles is 1. The van der Waals surface area contributed by atoms with Crippen molar-refractivity contribution in [3.63, 3.8) is 0 Å². The summed E-state index contributed by atoms with van der Waals surface area (Å²) in [5, 5.41) is 12.9. The van der Waals surface area contributed by atoms with Crippen molar-refractivity contribution in [1.82, 2.24) is 10.1 Å². The highest BCUT2D eigenvalue weighted by Gasteiger charge is 2.15. The second kappa shape index (κ2) is 5.68. The van der Waals surface area contributed by atoms with E-state index in [9.17, 15) is 0 Å². The van der Waals surface area contributed by atoms with E-state index in [0.717, 1.165) is 16.9 Å². The number of nitrogens with zero attached hydrogens (tertiary/aromatic N) is 3. The van der Waals surface area contributed by atoms with Crippen molar-refractivity contribution in [3.05, 3.63) is 35.2 Å². The van der Waals surface area contributed by atoms with Crippen LogP contribution in [0.2, 0.25) is 0 Å². The Kier molecular flexibility index (Phi) is 4.15. The summed E-state index contributed by atoms with van der Waals surface area (Å²) in [6.07, 6.45) is 0. The molecule has 0 bridgehead atoms. The zero-order chi connectivity index (χ0) is 14.8. The van der Waals surface area contributed by atoms with Crippen LogP contribution in [0.1, 0.15) is 37.7 Å². The molecule has 0 aliphatic carbocycles. The molecule has 0 N–H and O–H groups in total. The van der Waals surface area contributed by atoms with Crippen LogP contribution in [0.15, 0.2) is 22.7 Å². The van der Waals surface area contributed by atoms with E-state index >= 15 is 0 Å². The summed E-state index contributed by atoms with van der Waals surface area (Å²) < 4.78 is 5.48. The van der Waals surface area contributed by atoms with Gasteiger partial charge < -0.3 is 4.52 Å². The molecule has 0 unspecified atom stereocenters. The van der Waals surface area contributed by atoms with Crippen LogP contribution in [0.4, 0.5) is 0 Å². The molecule has 0 amide bonds. The molecule has 0 atom stereocenters. The Morgan fingerprint density at radius 2 is 2.10 bits per heavy atom. The minimum atomic E-state index is 0.172. The van der Waals surface area contributed by atoms with Gasteiger partial charge in [0.2, 0.25) is 0 Å². The highest BCUT2D eigenvalue weighted by atomic mass is 32.2. The Labute approximate surface area is 123 Å². The molecule has 1 aromatic heterocycles. The Hall–Kier alpha value is -1.80. The molecule has 5 heteroatoms. The van der Waals surface area contributed by atoms with Gasteiger partial charge in [0, 0.05) is 10.3 Å². The summed E-state index contributed by atoms with van der Waals surface area (Å²) in [7, 11) is 0. The van der Waals surface area contributed by atoms with Crippen molar-refractivity contribution in [2.45, 2.75) is 38.2 Å². The van der Waals surface area contributed by atoms with Crippen molar-refractivity contribution in [2.75, 3.05) is 0 Å². The van der Waals surface area contributed by atoms with Crippen LogP contribution in [0.5, 0.6) is 0 Å². The molecule has 1 heterocycles. The lowest BCUT2D eigenvalue weighted by Gasteiger charge is -2.15. The molecule has 104 valence electrons. The molecule has 20 heavy (non-hydrogen) atoms. The van der Waals surface area contributed by atoms with Gasteiger partial charge in [-0.3, -0.25) is 0 Å². The smallest absolute Gasteiger partial charge is 0.258 e. The van der Waals surface area contributed by atoms with Gasteiger partial charge in [0.1, 0.15) is 0 Å². The highest BCUT2D eigenvalue weighted by molar-refractivity contribution is 7.99. The van der Waals surface area contributed by atoms with Gasteiger partial charge in [-0.05, 0) is 30.7 Å². The van der Waals surface area contributed by atoms with Gasteiger partial charge in [0.25, 0.3) is 5.89 Å². The van der Waals surface area contributed by atoms with E-state index < -0.39 is 0 Å². The lowest BCUT2D eigenvalue weighted by molar-refractivity contribution is 0.425. The molecule has 0 radical (unpaired) electrons. The first-order chi connectivity index (χ1) is 9.39. The van der Waals surface area contributed by atoms with Gasteiger partial charge in [0.05, 0.1) is 17.4 Å². The number of hydrogen-bond acceptors (Lipinski definition) is 5. The maximum Gasteiger partial charge on any atom is 0.258 e. The largest absolute Gasteiger partial charge is 0.334 e. The summed E-state index contributed by atoms with van der Waals surface area (Å²) in [6.45, 7) is 8.40. The molecule has 4 nitrogen and oxygen atoms in total. The highest BCUT2D eigenvalue weighted by Crippen LogP contribution is 2.28. The maximum atomic E-state index is 8.87. The molecule has 0 saturated heterocycles. The van der Waals surface area contributed by atoms with E-state index in [1.165, 1.54) is 0 Å². The van der Waals surface area contributed by atoms with Crippen molar-refractivity contribution >= 4 is 11.8 Å². The van der Waals surface area contributed by atoms with Crippen LogP contribution in [0.25, 0.3) is 11.5 Å². The normalized spacial score (nSPS) is 11.3. The lowest BCUT2D eigenvalue weighted by atomic mass is 10.1. The fourth-order valence-corrected chi connectivity index (χ4v) is 2.36. The number of rotatable bonds is 3. The monoisotopic (exact) mass is 287 g/mol. The van der Waals surface area contributed by atoms with Crippen molar-refractivity contribution in [1.29, 1.82) is 5.26 Å². The lowest BCUT2D eigenvalue weighted by Crippen LogP contribution is -2.07. The van der Waals surface area contributed by atoms with Gasteiger partial charge in [0.15, 0.2) is 5.82 Å². The Morgan fingerprint density at radius 1 is 1.35 bits per heavy atom. The first kappa shape index (κ1) is 14.6. The van der Waals surface area contributed by atoms with E-state index in [-0.39, 0.29) is 4.75 Å². The Balaban J connectivity index is 2.19. The van der Waals surface area contributed by atoms with Crippen molar-refractivity contribution < 1.29 is 4.52 Å². The van der Waals surface area contributed by atoms with Crippen LogP contribution >= 0.6 is 11.8 Å². The molecule has 0 spiro atoms. The molecular weight excluding hydrogens is 270 g/mol. The number of hydrogen-bond donors (Lipinski definition) is 0. The van der Waals surface area contributed by atoms with Crippen LogP contribution in [0, 0.1) is 18.3 Å². The molecule has 0 aliphatic heterocycles. The second-order valence-corrected chi connectivity index (χ2v) is 7.36.